The van der Waals surface area contributed by atoms with E-state index in [-0.39, 0.29) is 0 Å². The van der Waals surface area contributed by atoms with E-state index < -0.39 is 0 Å². The molecule has 0 amide bonds. The number of aromatic amines is 1. The molecule has 1 N–H and O–H groups in total. The zero-order chi connectivity index (χ0) is 29.6. The van der Waals surface area contributed by atoms with Crippen LogP contribution in [0, 0.1) is 0 Å². The molecule has 1 aromatic heterocycles. The molecule has 242 valence electrons. The number of rotatable bonds is 32. The van der Waals surface area contributed by atoms with Crippen LogP contribution in [0.5, 0.6) is 0 Å². The number of H-pyrrole nitrogens is 1. The van der Waals surface area contributed by atoms with Crippen LogP contribution in [-0.2, 0) is 0 Å². The van der Waals surface area contributed by atoms with Gasteiger partial charge in [-0.25, -0.2) is 9.55 Å². The van der Waals surface area contributed by atoms with E-state index in [0.717, 1.165) is 0 Å². The maximum absolute atomic E-state index is 3.68. The Morgan fingerprint density at radius 2 is 0.829 bits per heavy atom. The average Bonchev–Trinajstić information content (AvgIpc) is 3.47. The van der Waals surface area contributed by atoms with Crippen molar-refractivity contribution >= 4 is 0 Å². The van der Waals surface area contributed by atoms with Gasteiger partial charge in [0.25, 0.3) is 5.82 Å². The Balaban J connectivity index is 2.13. The smallest absolute Gasteiger partial charge is 0.247 e. The average molecular weight is 574 g/mol. The van der Waals surface area contributed by atoms with Gasteiger partial charge in [0.2, 0.25) is 0 Å². The molecule has 1 rings (SSSR count). The molecule has 0 spiro atoms. The number of nitrogens with zero attached hydrogens (tertiary/aromatic N) is 1. The fourth-order valence-corrected chi connectivity index (χ4v) is 6.84. The van der Waals surface area contributed by atoms with Crippen molar-refractivity contribution in [3.63, 3.8) is 0 Å². The molecule has 0 saturated heterocycles. The maximum atomic E-state index is 3.68. The molecule has 0 aliphatic heterocycles. The number of hydrogen-bond donors (Lipinski definition) is 1. The van der Waals surface area contributed by atoms with Gasteiger partial charge in [0.15, 0.2) is 0 Å². The number of aromatic nitrogens is 2. The molecule has 0 aromatic carbocycles. The summed E-state index contributed by atoms with van der Waals surface area (Å²) in [6.45, 7) is 9.43. The SMILES string of the molecule is CCCCCCCCCCCCCCCCC(C)[n+]1cc[nH]c1C(CCC)CCCCCCCCCCCCCC. The molecule has 0 radical (unpaired) electrons. The van der Waals surface area contributed by atoms with Gasteiger partial charge in [-0.3, -0.25) is 0 Å². The van der Waals surface area contributed by atoms with Gasteiger partial charge >= 0.3 is 0 Å². The lowest BCUT2D eigenvalue weighted by Gasteiger charge is -2.16. The molecule has 0 fully saturated rings. The van der Waals surface area contributed by atoms with Crippen molar-refractivity contribution in [3.05, 3.63) is 18.2 Å². The van der Waals surface area contributed by atoms with Gasteiger partial charge in [-0.2, -0.15) is 0 Å². The summed E-state index contributed by atoms with van der Waals surface area (Å²) in [7, 11) is 0. The third-order valence-corrected chi connectivity index (χ3v) is 9.62. The molecule has 41 heavy (non-hydrogen) atoms. The molecular formula is C39H77N2+. The zero-order valence-corrected chi connectivity index (χ0v) is 29.0. The minimum Gasteiger partial charge on any atom is -0.247 e. The Hall–Kier alpha value is -0.790. The van der Waals surface area contributed by atoms with Crippen molar-refractivity contribution in [1.82, 2.24) is 4.98 Å². The van der Waals surface area contributed by atoms with Crippen LogP contribution in [0.3, 0.4) is 0 Å². The molecule has 2 nitrogen and oxygen atoms in total. The first kappa shape index (κ1) is 38.2. The number of imidazole rings is 1. The zero-order valence-electron chi connectivity index (χ0n) is 29.0. The highest BCUT2D eigenvalue weighted by atomic mass is 15.1. The van der Waals surface area contributed by atoms with Crippen molar-refractivity contribution < 1.29 is 4.57 Å². The molecular weight excluding hydrogens is 496 g/mol. The van der Waals surface area contributed by atoms with E-state index in [1.54, 1.807) is 0 Å². The monoisotopic (exact) mass is 574 g/mol. The fourth-order valence-electron chi connectivity index (χ4n) is 6.84. The highest BCUT2D eigenvalue weighted by Crippen LogP contribution is 2.26. The van der Waals surface area contributed by atoms with Gasteiger partial charge in [-0.15, -0.1) is 0 Å². The van der Waals surface area contributed by atoms with Gasteiger partial charge in [-0.1, -0.05) is 188 Å². The van der Waals surface area contributed by atoms with Gasteiger partial charge in [0.1, 0.15) is 12.4 Å². The largest absolute Gasteiger partial charge is 0.257 e. The summed E-state index contributed by atoms with van der Waals surface area (Å²) in [6, 6.07) is 0.620. The first-order valence-corrected chi connectivity index (χ1v) is 19.3. The minimum absolute atomic E-state index is 0.620. The predicted octanol–water partition coefficient (Wildman–Crippen LogP) is 13.7. The van der Waals surface area contributed by atoms with Crippen LogP contribution < -0.4 is 4.57 Å². The second kappa shape index (κ2) is 29.3. The van der Waals surface area contributed by atoms with E-state index in [1.807, 2.05) is 0 Å². The highest BCUT2D eigenvalue weighted by molar-refractivity contribution is 4.90. The molecule has 0 aliphatic carbocycles. The lowest BCUT2D eigenvalue weighted by molar-refractivity contribution is -0.727. The van der Waals surface area contributed by atoms with Crippen LogP contribution in [0.25, 0.3) is 0 Å². The van der Waals surface area contributed by atoms with E-state index >= 15 is 0 Å². The highest BCUT2D eigenvalue weighted by Gasteiger charge is 2.24. The molecule has 2 heteroatoms. The first-order chi connectivity index (χ1) is 20.2. The van der Waals surface area contributed by atoms with E-state index in [9.17, 15) is 0 Å². The summed E-state index contributed by atoms with van der Waals surface area (Å²) in [4.78, 5) is 3.68. The van der Waals surface area contributed by atoms with Crippen molar-refractivity contribution in [2.75, 3.05) is 0 Å². The van der Waals surface area contributed by atoms with E-state index in [2.05, 4.69) is 49.6 Å². The number of hydrogen-bond acceptors (Lipinski definition) is 0. The molecule has 0 saturated carbocycles. The second-order valence-corrected chi connectivity index (χ2v) is 13.6. The number of nitrogens with one attached hydrogen (secondary N) is 1. The first-order valence-electron chi connectivity index (χ1n) is 19.3. The molecule has 1 heterocycles. The maximum Gasteiger partial charge on any atom is 0.257 e. The van der Waals surface area contributed by atoms with Gasteiger partial charge in [0, 0.05) is 0 Å². The van der Waals surface area contributed by atoms with Crippen molar-refractivity contribution in [1.29, 1.82) is 0 Å². The van der Waals surface area contributed by atoms with Crippen molar-refractivity contribution in [2.24, 2.45) is 0 Å². The Morgan fingerprint density at radius 1 is 0.463 bits per heavy atom. The molecule has 0 aliphatic rings. The summed E-state index contributed by atoms with van der Waals surface area (Å²) in [5, 5.41) is 0. The molecule has 2 unspecified atom stereocenters. The Bertz CT molecular complexity index is 635. The quantitative estimate of drug-likeness (QED) is 0.0653. The third kappa shape index (κ3) is 21.5. The lowest BCUT2D eigenvalue weighted by atomic mass is 9.94. The van der Waals surface area contributed by atoms with E-state index in [1.165, 1.54) is 198 Å². The number of unbranched alkanes of at least 4 members (excludes halogenated alkanes) is 24. The van der Waals surface area contributed by atoms with Gasteiger partial charge in [0.05, 0.1) is 12.0 Å². The normalized spacial score (nSPS) is 13.2. The summed E-state index contributed by atoms with van der Waals surface area (Å²) < 4.78 is 2.60. The standard InChI is InChI=1S/C39H76N2/c1-5-8-10-12-14-16-18-20-21-22-24-26-28-30-33-37(4)41-36-35-40-39(41)38(32-7-3)34-31-29-27-25-23-19-17-15-13-11-9-6-2/h35-38H,5-34H2,1-4H3/p+1. The van der Waals surface area contributed by atoms with E-state index in [0.29, 0.717) is 12.0 Å². The Kier molecular flexibility index (Phi) is 27.3. The van der Waals surface area contributed by atoms with Crippen LogP contribution in [0.4, 0.5) is 0 Å². The third-order valence-electron chi connectivity index (χ3n) is 9.62. The van der Waals surface area contributed by atoms with Crippen LogP contribution in [0.1, 0.15) is 238 Å². The molecule has 1 aromatic rings. The van der Waals surface area contributed by atoms with Gasteiger partial charge in [-0.05, 0) is 32.6 Å². The summed E-state index contributed by atoms with van der Waals surface area (Å²) >= 11 is 0. The van der Waals surface area contributed by atoms with Gasteiger partial charge < -0.3 is 0 Å². The van der Waals surface area contributed by atoms with Crippen LogP contribution in [0.2, 0.25) is 0 Å². The van der Waals surface area contributed by atoms with Crippen LogP contribution in [0.15, 0.2) is 12.4 Å². The van der Waals surface area contributed by atoms with E-state index in [4.69, 9.17) is 0 Å². The van der Waals surface area contributed by atoms with Crippen molar-refractivity contribution in [2.45, 2.75) is 232 Å². The van der Waals surface area contributed by atoms with Crippen molar-refractivity contribution in [3.8, 4) is 0 Å². The van der Waals surface area contributed by atoms with Crippen LogP contribution in [-0.4, -0.2) is 4.98 Å². The summed E-state index contributed by atoms with van der Waals surface area (Å²) in [5.41, 5.74) is 0. The fraction of sp³-hybridized carbons (Fsp3) is 0.923. The summed E-state index contributed by atoms with van der Waals surface area (Å²) in [5.74, 6) is 2.21. The topological polar surface area (TPSA) is 19.7 Å². The lowest BCUT2D eigenvalue weighted by Crippen LogP contribution is -2.41. The van der Waals surface area contributed by atoms with Crippen LogP contribution >= 0.6 is 0 Å². The molecule has 2 atom stereocenters. The Labute approximate surface area is 259 Å². The second-order valence-electron chi connectivity index (χ2n) is 13.6. The summed E-state index contributed by atoms with van der Waals surface area (Å²) in [6.07, 6.45) is 47.3. The Morgan fingerprint density at radius 3 is 1.22 bits per heavy atom. The molecule has 0 bridgehead atoms. The minimum atomic E-state index is 0.620. The predicted molar refractivity (Wildman–Crippen MR) is 184 cm³/mol.